The van der Waals surface area contributed by atoms with Gasteiger partial charge in [-0.1, -0.05) is 59.3 Å². The summed E-state index contributed by atoms with van der Waals surface area (Å²) in [5.74, 6) is 1.25. The predicted molar refractivity (Wildman–Crippen MR) is 108 cm³/mol. The van der Waals surface area contributed by atoms with Gasteiger partial charge in [0.25, 0.3) is 5.91 Å². The van der Waals surface area contributed by atoms with Gasteiger partial charge in [0.2, 0.25) is 6.79 Å². The zero-order chi connectivity index (χ0) is 18.3. The minimum Gasteiger partial charge on any atom is -0.454 e. The molecule has 1 fully saturated rings. The molecule has 1 saturated heterocycles. The maximum Gasteiger partial charge on any atom is 0.266 e. The lowest BCUT2D eigenvalue weighted by Crippen LogP contribution is -2.27. The van der Waals surface area contributed by atoms with Crippen molar-refractivity contribution in [3.05, 3.63) is 62.5 Å². The molecule has 0 atom stereocenters. The van der Waals surface area contributed by atoms with E-state index in [1.165, 1.54) is 11.8 Å². The number of thiocarbonyl (C=S) groups is 1. The summed E-state index contributed by atoms with van der Waals surface area (Å²) in [6.07, 6.45) is 1.77. The van der Waals surface area contributed by atoms with Crippen LogP contribution in [0, 0.1) is 0 Å². The van der Waals surface area contributed by atoms with Crippen molar-refractivity contribution in [3.63, 3.8) is 0 Å². The van der Waals surface area contributed by atoms with Gasteiger partial charge in [0.05, 0.1) is 21.5 Å². The third-order valence-corrected chi connectivity index (χ3v) is 6.01. The lowest BCUT2D eigenvalue weighted by atomic mass is 10.2. The Morgan fingerprint density at radius 2 is 1.92 bits per heavy atom. The second-order valence-corrected chi connectivity index (χ2v) is 8.12. The van der Waals surface area contributed by atoms with Crippen LogP contribution in [0.3, 0.4) is 0 Å². The normalized spacial score (nSPS) is 17.5. The number of ether oxygens (including phenoxy) is 2. The minimum atomic E-state index is -0.135. The number of carbonyl (C=O) groups is 1. The number of halogens is 2. The molecule has 0 saturated carbocycles. The smallest absolute Gasteiger partial charge is 0.266 e. The fourth-order valence-corrected chi connectivity index (χ4v) is 4.17. The molecule has 4 rings (SSSR count). The Hall–Kier alpha value is -1.73. The number of nitrogens with zero attached hydrogens (tertiary/aromatic N) is 1. The highest BCUT2D eigenvalue weighted by Crippen LogP contribution is 2.36. The molecule has 4 nitrogen and oxygen atoms in total. The molecule has 2 aliphatic rings. The summed E-state index contributed by atoms with van der Waals surface area (Å²) < 4.78 is 11.2. The fourth-order valence-electron chi connectivity index (χ4n) is 2.61. The zero-order valence-electron chi connectivity index (χ0n) is 13.2. The highest BCUT2D eigenvalue weighted by Gasteiger charge is 2.32. The molecular weight excluding hydrogens is 413 g/mol. The highest BCUT2D eigenvalue weighted by atomic mass is 35.5. The molecule has 0 bridgehead atoms. The SMILES string of the molecule is O=C1/C(=C/c2ccc(Cl)c(Cl)c2)SC(=S)N1Cc1ccc2c(c1)OCO2. The molecule has 26 heavy (non-hydrogen) atoms. The summed E-state index contributed by atoms with van der Waals surface area (Å²) in [5.41, 5.74) is 1.71. The van der Waals surface area contributed by atoms with E-state index in [-0.39, 0.29) is 12.7 Å². The number of amides is 1. The number of carbonyl (C=O) groups excluding carboxylic acids is 1. The van der Waals surface area contributed by atoms with Crippen LogP contribution in [0.5, 0.6) is 11.5 Å². The average molecular weight is 424 g/mol. The molecule has 0 radical (unpaired) electrons. The van der Waals surface area contributed by atoms with Gasteiger partial charge in [0, 0.05) is 0 Å². The molecule has 2 aromatic rings. The summed E-state index contributed by atoms with van der Waals surface area (Å²) >= 11 is 18.6. The Morgan fingerprint density at radius 3 is 2.73 bits per heavy atom. The molecule has 0 aliphatic carbocycles. The van der Waals surface area contributed by atoms with Gasteiger partial charge in [-0.3, -0.25) is 9.69 Å². The van der Waals surface area contributed by atoms with E-state index < -0.39 is 0 Å². The number of fused-ring (bicyclic) bond motifs is 1. The van der Waals surface area contributed by atoms with E-state index in [9.17, 15) is 4.79 Å². The van der Waals surface area contributed by atoms with Crippen LogP contribution < -0.4 is 9.47 Å². The second kappa shape index (κ2) is 7.12. The molecule has 1 amide bonds. The van der Waals surface area contributed by atoms with Crippen LogP contribution in [0.25, 0.3) is 6.08 Å². The molecule has 0 unspecified atom stereocenters. The number of thioether (sulfide) groups is 1. The van der Waals surface area contributed by atoms with Gasteiger partial charge < -0.3 is 9.47 Å². The first-order chi connectivity index (χ1) is 12.5. The number of hydrogen-bond acceptors (Lipinski definition) is 5. The van der Waals surface area contributed by atoms with Gasteiger partial charge in [0.15, 0.2) is 11.5 Å². The standard InChI is InChI=1S/C18H11Cl2NO3S2/c19-12-3-1-10(5-13(12)20)7-16-17(22)21(18(25)26-16)8-11-2-4-14-15(6-11)24-9-23-14/h1-7H,8-9H2/b16-7-. The molecule has 8 heteroatoms. The number of rotatable bonds is 3. The van der Waals surface area contributed by atoms with Crippen LogP contribution >= 0.6 is 47.2 Å². The largest absolute Gasteiger partial charge is 0.454 e. The van der Waals surface area contributed by atoms with E-state index in [0.717, 1.165) is 11.1 Å². The lowest BCUT2D eigenvalue weighted by Gasteiger charge is -2.14. The van der Waals surface area contributed by atoms with Gasteiger partial charge in [0.1, 0.15) is 4.32 Å². The third-order valence-electron chi connectivity index (χ3n) is 3.89. The number of hydrogen-bond donors (Lipinski definition) is 0. The van der Waals surface area contributed by atoms with Crippen LogP contribution in [0.4, 0.5) is 0 Å². The maximum atomic E-state index is 12.7. The van der Waals surface area contributed by atoms with E-state index in [2.05, 4.69) is 0 Å². The molecule has 2 aromatic carbocycles. The van der Waals surface area contributed by atoms with Crippen LogP contribution in [-0.2, 0) is 11.3 Å². The summed E-state index contributed by atoms with van der Waals surface area (Å²) in [6.45, 7) is 0.590. The highest BCUT2D eigenvalue weighted by molar-refractivity contribution is 8.26. The Morgan fingerprint density at radius 1 is 1.12 bits per heavy atom. The summed E-state index contributed by atoms with van der Waals surface area (Å²) in [5, 5.41) is 0.912. The van der Waals surface area contributed by atoms with Gasteiger partial charge >= 0.3 is 0 Å². The summed E-state index contributed by atoms with van der Waals surface area (Å²) in [4.78, 5) is 14.9. The summed E-state index contributed by atoms with van der Waals surface area (Å²) in [6, 6.07) is 10.8. The van der Waals surface area contributed by atoms with Crippen molar-refractivity contribution in [1.82, 2.24) is 4.90 Å². The molecule has 2 aliphatic heterocycles. The topological polar surface area (TPSA) is 38.8 Å². The minimum absolute atomic E-state index is 0.135. The molecular formula is C18H11Cl2NO3S2. The van der Waals surface area contributed by atoms with Gasteiger partial charge in [-0.15, -0.1) is 0 Å². The van der Waals surface area contributed by atoms with Crippen LogP contribution in [-0.4, -0.2) is 21.9 Å². The lowest BCUT2D eigenvalue weighted by molar-refractivity contribution is -0.122. The zero-order valence-corrected chi connectivity index (χ0v) is 16.3. The van der Waals surface area contributed by atoms with E-state index in [4.69, 9.17) is 44.9 Å². The van der Waals surface area contributed by atoms with E-state index in [1.807, 2.05) is 18.2 Å². The van der Waals surface area contributed by atoms with Gasteiger partial charge in [-0.05, 0) is 41.5 Å². The first kappa shape index (κ1) is 17.7. The third kappa shape index (κ3) is 3.42. The van der Waals surface area contributed by atoms with Crippen LogP contribution in [0.1, 0.15) is 11.1 Å². The van der Waals surface area contributed by atoms with Crippen LogP contribution in [0.15, 0.2) is 41.3 Å². The van der Waals surface area contributed by atoms with E-state index >= 15 is 0 Å². The Bertz CT molecular complexity index is 961. The first-order valence-electron chi connectivity index (χ1n) is 7.60. The molecule has 2 heterocycles. The van der Waals surface area contributed by atoms with Crippen molar-refractivity contribution in [3.8, 4) is 11.5 Å². The average Bonchev–Trinajstić information content (AvgIpc) is 3.18. The maximum absolute atomic E-state index is 12.7. The Balaban J connectivity index is 1.55. The molecule has 0 spiro atoms. The van der Waals surface area contributed by atoms with Crippen molar-refractivity contribution >= 4 is 63.5 Å². The number of benzene rings is 2. The van der Waals surface area contributed by atoms with Gasteiger partial charge in [-0.2, -0.15) is 0 Å². The fraction of sp³-hybridized carbons (Fsp3) is 0.111. The van der Waals surface area contributed by atoms with Crippen LogP contribution in [0.2, 0.25) is 10.0 Å². The van der Waals surface area contributed by atoms with Crippen molar-refractivity contribution < 1.29 is 14.3 Å². The van der Waals surface area contributed by atoms with Crippen molar-refractivity contribution in [1.29, 1.82) is 0 Å². The first-order valence-corrected chi connectivity index (χ1v) is 9.58. The second-order valence-electron chi connectivity index (χ2n) is 5.63. The monoisotopic (exact) mass is 423 g/mol. The quantitative estimate of drug-likeness (QED) is 0.505. The molecule has 132 valence electrons. The molecule has 0 aromatic heterocycles. The van der Waals surface area contributed by atoms with Crippen molar-refractivity contribution in [2.24, 2.45) is 0 Å². The Kier molecular flexibility index (Phi) is 4.84. The molecule has 0 N–H and O–H groups in total. The van der Waals surface area contributed by atoms with E-state index in [1.54, 1.807) is 29.2 Å². The Labute approximate surface area is 169 Å². The van der Waals surface area contributed by atoms with Crippen molar-refractivity contribution in [2.75, 3.05) is 6.79 Å². The summed E-state index contributed by atoms with van der Waals surface area (Å²) in [7, 11) is 0. The van der Waals surface area contributed by atoms with E-state index in [0.29, 0.717) is 37.3 Å². The predicted octanol–water partition coefficient (Wildman–Crippen LogP) is 5.12. The van der Waals surface area contributed by atoms with Gasteiger partial charge in [-0.25, -0.2) is 0 Å². The van der Waals surface area contributed by atoms with Crippen molar-refractivity contribution in [2.45, 2.75) is 6.54 Å².